The van der Waals surface area contributed by atoms with Crippen molar-refractivity contribution in [3.8, 4) is 5.75 Å². The molecule has 1 amide bonds. The lowest BCUT2D eigenvalue weighted by atomic mass is 10.1. The standard InChI is InChI=1S/C19H23N3O2/c1-13(2)8-18-20-9-15-10-22(11-17(15)21-18)19(23)12-24-16-6-4-14(3)5-7-16/h4-7,9,13H,8,10-12H2,1-3H3. The third-order valence-corrected chi connectivity index (χ3v) is 4.03. The minimum Gasteiger partial charge on any atom is -0.484 e. The van der Waals surface area contributed by atoms with Gasteiger partial charge in [-0.1, -0.05) is 31.5 Å². The van der Waals surface area contributed by atoms with Crippen molar-refractivity contribution >= 4 is 5.91 Å². The number of hydrogen-bond acceptors (Lipinski definition) is 4. The van der Waals surface area contributed by atoms with Gasteiger partial charge in [0, 0.05) is 24.7 Å². The number of benzene rings is 1. The van der Waals surface area contributed by atoms with Gasteiger partial charge in [0.2, 0.25) is 0 Å². The average molecular weight is 325 g/mol. The molecule has 24 heavy (non-hydrogen) atoms. The summed E-state index contributed by atoms with van der Waals surface area (Å²) >= 11 is 0. The summed E-state index contributed by atoms with van der Waals surface area (Å²) < 4.78 is 5.58. The zero-order valence-electron chi connectivity index (χ0n) is 14.5. The fourth-order valence-corrected chi connectivity index (χ4v) is 2.71. The van der Waals surface area contributed by atoms with E-state index in [1.807, 2.05) is 37.4 Å². The van der Waals surface area contributed by atoms with E-state index >= 15 is 0 Å². The van der Waals surface area contributed by atoms with E-state index in [-0.39, 0.29) is 12.5 Å². The second kappa shape index (κ2) is 6.99. The molecule has 2 aromatic rings. The number of carbonyl (C=O) groups is 1. The molecule has 0 fully saturated rings. The highest BCUT2D eigenvalue weighted by Crippen LogP contribution is 2.21. The molecule has 1 aliphatic rings. The monoisotopic (exact) mass is 325 g/mol. The van der Waals surface area contributed by atoms with Crippen LogP contribution in [0.2, 0.25) is 0 Å². The molecule has 1 aromatic heterocycles. The summed E-state index contributed by atoms with van der Waals surface area (Å²) in [6, 6.07) is 7.70. The first-order valence-electron chi connectivity index (χ1n) is 8.32. The third-order valence-electron chi connectivity index (χ3n) is 4.03. The van der Waals surface area contributed by atoms with Crippen LogP contribution >= 0.6 is 0 Å². The lowest BCUT2D eigenvalue weighted by Gasteiger charge is -2.15. The van der Waals surface area contributed by atoms with Crippen molar-refractivity contribution in [2.75, 3.05) is 6.61 Å². The molecule has 0 saturated heterocycles. The molecule has 1 aromatic carbocycles. The third kappa shape index (κ3) is 3.91. The average Bonchev–Trinajstić information content (AvgIpc) is 2.97. The van der Waals surface area contributed by atoms with Gasteiger partial charge in [-0.2, -0.15) is 0 Å². The van der Waals surface area contributed by atoms with Gasteiger partial charge in [0.05, 0.1) is 12.2 Å². The summed E-state index contributed by atoms with van der Waals surface area (Å²) in [5, 5.41) is 0. The van der Waals surface area contributed by atoms with Crippen LogP contribution in [-0.4, -0.2) is 27.4 Å². The lowest BCUT2D eigenvalue weighted by Crippen LogP contribution is -2.30. The number of aryl methyl sites for hydroxylation is 1. The maximum atomic E-state index is 12.4. The second-order valence-corrected chi connectivity index (χ2v) is 6.71. The Bertz CT molecular complexity index is 726. The van der Waals surface area contributed by atoms with E-state index in [2.05, 4.69) is 23.8 Å². The number of rotatable bonds is 5. The molecule has 3 rings (SSSR count). The lowest BCUT2D eigenvalue weighted by molar-refractivity contribution is -0.134. The maximum absolute atomic E-state index is 12.4. The molecule has 0 N–H and O–H groups in total. The number of fused-ring (bicyclic) bond motifs is 1. The molecule has 0 radical (unpaired) electrons. The Morgan fingerprint density at radius 2 is 2.00 bits per heavy atom. The highest BCUT2D eigenvalue weighted by atomic mass is 16.5. The smallest absolute Gasteiger partial charge is 0.261 e. The minimum absolute atomic E-state index is 0.0287. The van der Waals surface area contributed by atoms with E-state index in [1.165, 1.54) is 5.56 Å². The first-order chi connectivity index (χ1) is 11.5. The van der Waals surface area contributed by atoms with E-state index in [9.17, 15) is 4.79 Å². The Kier molecular flexibility index (Phi) is 4.79. The Balaban J connectivity index is 1.58. The molecule has 2 heterocycles. The Hall–Kier alpha value is -2.43. The fraction of sp³-hybridized carbons (Fsp3) is 0.421. The fourth-order valence-electron chi connectivity index (χ4n) is 2.71. The van der Waals surface area contributed by atoms with E-state index < -0.39 is 0 Å². The SMILES string of the molecule is Cc1ccc(OCC(=O)N2Cc3cnc(CC(C)C)nc3C2)cc1. The molecule has 0 bridgehead atoms. The van der Waals surface area contributed by atoms with Crippen LogP contribution in [0.25, 0.3) is 0 Å². The first kappa shape index (κ1) is 16.4. The molecular formula is C19H23N3O2. The molecule has 0 spiro atoms. The summed E-state index contributed by atoms with van der Waals surface area (Å²) in [5.74, 6) is 2.06. The highest BCUT2D eigenvalue weighted by Gasteiger charge is 2.25. The van der Waals surface area contributed by atoms with Crippen LogP contribution in [0.5, 0.6) is 5.75 Å². The molecule has 5 heteroatoms. The van der Waals surface area contributed by atoms with Crippen molar-refractivity contribution in [1.29, 1.82) is 0 Å². The van der Waals surface area contributed by atoms with Crippen LogP contribution in [0, 0.1) is 12.8 Å². The van der Waals surface area contributed by atoms with Crippen molar-refractivity contribution in [2.45, 2.75) is 40.3 Å². The van der Waals surface area contributed by atoms with E-state index in [0.29, 0.717) is 24.8 Å². The van der Waals surface area contributed by atoms with Gasteiger partial charge in [-0.25, -0.2) is 9.97 Å². The maximum Gasteiger partial charge on any atom is 0.261 e. The van der Waals surface area contributed by atoms with Gasteiger partial charge in [0.15, 0.2) is 6.61 Å². The summed E-state index contributed by atoms with van der Waals surface area (Å²) in [7, 11) is 0. The van der Waals surface area contributed by atoms with Crippen LogP contribution < -0.4 is 4.74 Å². The molecular weight excluding hydrogens is 302 g/mol. The normalized spacial score (nSPS) is 13.2. The summed E-state index contributed by atoms with van der Waals surface area (Å²) in [4.78, 5) is 23.2. The summed E-state index contributed by atoms with van der Waals surface area (Å²) in [6.45, 7) is 7.46. The van der Waals surface area contributed by atoms with Crippen molar-refractivity contribution in [2.24, 2.45) is 5.92 Å². The summed E-state index contributed by atoms with van der Waals surface area (Å²) in [5.41, 5.74) is 3.16. The Labute approximate surface area is 142 Å². The van der Waals surface area contributed by atoms with Gasteiger partial charge < -0.3 is 9.64 Å². The van der Waals surface area contributed by atoms with Crippen LogP contribution in [0.3, 0.4) is 0 Å². The number of carbonyl (C=O) groups excluding carboxylic acids is 1. The predicted molar refractivity (Wildman–Crippen MR) is 91.5 cm³/mol. The Morgan fingerprint density at radius 1 is 1.25 bits per heavy atom. The minimum atomic E-state index is -0.0287. The molecule has 126 valence electrons. The quantitative estimate of drug-likeness (QED) is 0.848. The Morgan fingerprint density at radius 3 is 2.71 bits per heavy atom. The second-order valence-electron chi connectivity index (χ2n) is 6.71. The van der Waals surface area contributed by atoms with E-state index in [1.54, 1.807) is 4.90 Å². The first-order valence-corrected chi connectivity index (χ1v) is 8.32. The van der Waals surface area contributed by atoms with Gasteiger partial charge in [0.25, 0.3) is 5.91 Å². The number of aromatic nitrogens is 2. The van der Waals surface area contributed by atoms with Gasteiger partial charge in [-0.3, -0.25) is 4.79 Å². The van der Waals surface area contributed by atoms with Crippen LogP contribution in [0.1, 0.15) is 36.5 Å². The predicted octanol–water partition coefficient (Wildman–Crippen LogP) is 2.90. The van der Waals surface area contributed by atoms with Crippen LogP contribution in [0.4, 0.5) is 0 Å². The topological polar surface area (TPSA) is 55.3 Å². The van der Waals surface area contributed by atoms with Crippen molar-refractivity contribution in [3.05, 3.63) is 53.1 Å². The number of amides is 1. The zero-order valence-corrected chi connectivity index (χ0v) is 14.5. The largest absolute Gasteiger partial charge is 0.484 e. The molecule has 0 atom stereocenters. The van der Waals surface area contributed by atoms with Crippen LogP contribution in [-0.2, 0) is 24.3 Å². The van der Waals surface area contributed by atoms with Gasteiger partial charge in [0.1, 0.15) is 11.6 Å². The van der Waals surface area contributed by atoms with Gasteiger partial charge in [-0.05, 0) is 25.0 Å². The highest BCUT2D eigenvalue weighted by molar-refractivity contribution is 5.78. The van der Waals surface area contributed by atoms with Crippen molar-refractivity contribution < 1.29 is 9.53 Å². The van der Waals surface area contributed by atoms with Crippen LogP contribution in [0.15, 0.2) is 30.5 Å². The van der Waals surface area contributed by atoms with E-state index in [0.717, 1.165) is 23.5 Å². The molecule has 0 saturated carbocycles. The van der Waals surface area contributed by atoms with Crippen molar-refractivity contribution in [3.63, 3.8) is 0 Å². The number of nitrogens with zero attached hydrogens (tertiary/aromatic N) is 3. The zero-order chi connectivity index (χ0) is 17.1. The molecule has 0 unspecified atom stereocenters. The molecule has 1 aliphatic heterocycles. The molecule has 0 aliphatic carbocycles. The van der Waals surface area contributed by atoms with Gasteiger partial charge in [-0.15, -0.1) is 0 Å². The number of hydrogen-bond donors (Lipinski definition) is 0. The van der Waals surface area contributed by atoms with Gasteiger partial charge >= 0.3 is 0 Å². The van der Waals surface area contributed by atoms with Crippen molar-refractivity contribution in [1.82, 2.24) is 14.9 Å². The van der Waals surface area contributed by atoms with E-state index in [4.69, 9.17) is 4.74 Å². The molecule has 5 nitrogen and oxygen atoms in total. The number of ether oxygens (including phenoxy) is 1. The summed E-state index contributed by atoms with van der Waals surface area (Å²) in [6.07, 6.45) is 2.71.